The molecule has 1 aromatic rings. The van der Waals surface area contributed by atoms with Crippen LogP contribution in [0.25, 0.3) is 0 Å². The lowest BCUT2D eigenvalue weighted by Crippen LogP contribution is -2.17. The molecule has 0 heterocycles. The third kappa shape index (κ3) is 5.71. The van der Waals surface area contributed by atoms with Crippen molar-refractivity contribution >= 4 is 5.97 Å². The van der Waals surface area contributed by atoms with E-state index >= 15 is 0 Å². The molecule has 1 fully saturated rings. The molecule has 1 aromatic carbocycles. The molecule has 1 saturated carbocycles. The molecular weight excluding hydrogens is 312 g/mol. The molecule has 1 aliphatic rings. The zero-order valence-electron chi connectivity index (χ0n) is 15.7. The van der Waals surface area contributed by atoms with Crippen molar-refractivity contribution in [2.75, 3.05) is 0 Å². The van der Waals surface area contributed by atoms with Gasteiger partial charge < -0.3 is 10.2 Å². The highest BCUT2D eigenvalue weighted by Crippen LogP contribution is 2.42. The van der Waals surface area contributed by atoms with Crippen molar-refractivity contribution in [3.63, 3.8) is 0 Å². The molecule has 0 saturated heterocycles. The molecule has 0 aliphatic heterocycles. The summed E-state index contributed by atoms with van der Waals surface area (Å²) in [4.78, 5) is 10.5. The minimum absolute atomic E-state index is 0.144. The summed E-state index contributed by atoms with van der Waals surface area (Å²) < 4.78 is 0. The summed E-state index contributed by atoms with van der Waals surface area (Å²) in [6.45, 7) is 6.64. The molecule has 0 spiro atoms. The topological polar surface area (TPSA) is 57.5 Å². The second kappa shape index (κ2) is 8.66. The summed E-state index contributed by atoms with van der Waals surface area (Å²) in [5.41, 5.74) is 2.70. The van der Waals surface area contributed by atoms with Gasteiger partial charge in [0.15, 0.2) is 0 Å². The van der Waals surface area contributed by atoms with Gasteiger partial charge in [-0.1, -0.05) is 57.2 Å². The maximum Gasteiger partial charge on any atom is 0.303 e. The lowest BCUT2D eigenvalue weighted by Gasteiger charge is -2.24. The van der Waals surface area contributed by atoms with Crippen LogP contribution in [-0.2, 0) is 10.2 Å². The number of carboxylic acid groups (broad SMARTS) is 1. The average molecular weight is 344 g/mol. The predicted molar refractivity (Wildman–Crippen MR) is 102 cm³/mol. The van der Waals surface area contributed by atoms with Gasteiger partial charge >= 0.3 is 5.97 Å². The Morgan fingerprint density at radius 1 is 1.16 bits per heavy atom. The first-order valence-electron chi connectivity index (χ1n) is 9.44. The van der Waals surface area contributed by atoms with Gasteiger partial charge in [-0.15, -0.1) is 0 Å². The third-order valence-corrected chi connectivity index (χ3v) is 5.28. The molecule has 138 valence electrons. The van der Waals surface area contributed by atoms with Gasteiger partial charge in [-0.25, -0.2) is 0 Å². The fourth-order valence-corrected chi connectivity index (χ4v) is 3.78. The van der Waals surface area contributed by atoms with Crippen molar-refractivity contribution < 1.29 is 15.0 Å². The fourth-order valence-electron chi connectivity index (χ4n) is 3.78. The van der Waals surface area contributed by atoms with E-state index in [-0.39, 0.29) is 23.9 Å². The standard InChI is InChI=1S/C22H32O3/c1-22(2,3)18-13-10-17(11-14-18)21-16(12-15-19(21)23)8-6-4-5-7-9-20(24)25/h4,6,10-11,13-14,16,19,21,23H,5,7-9,12,15H2,1-3H3,(H,24,25)/t16-,19+,21-/m0/s1. The van der Waals surface area contributed by atoms with Crippen molar-refractivity contribution in [3.05, 3.63) is 47.5 Å². The number of hydrogen-bond donors (Lipinski definition) is 2. The zero-order valence-corrected chi connectivity index (χ0v) is 15.7. The van der Waals surface area contributed by atoms with E-state index in [2.05, 4.69) is 57.2 Å². The summed E-state index contributed by atoms with van der Waals surface area (Å²) in [6, 6.07) is 8.76. The van der Waals surface area contributed by atoms with Crippen LogP contribution in [0.15, 0.2) is 36.4 Å². The Morgan fingerprint density at radius 2 is 1.84 bits per heavy atom. The van der Waals surface area contributed by atoms with Crippen molar-refractivity contribution in [1.82, 2.24) is 0 Å². The van der Waals surface area contributed by atoms with Crippen molar-refractivity contribution in [2.24, 2.45) is 5.92 Å². The van der Waals surface area contributed by atoms with Crippen LogP contribution in [0.5, 0.6) is 0 Å². The molecule has 2 rings (SSSR count). The van der Waals surface area contributed by atoms with E-state index in [9.17, 15) is 9.90 Å². The minimum atomic E-state index is -0.730. The monoisotopic (exact) mass is 344 g/mol. The smallest absolute Gasteiger partial charge is 0.303 e. The van der Waals surface area contributed by atoms with Crippen LogP contribution in [0.4, 0.5) is 0 Å². The van der Waals surface area contributed by atoms with Crippen LogP contribution in [0.1, 0.15) is 76.3 Å². The molecular formula is C22H32O3. The van der Waals surface area contributed by atoms with Crippen molar-refractivity contribution in [2.45, 2.75) is 76.7 Å². The Bertz CT molecular complexity index is 580. The van der Waals surface area contributed by atoms with E-state index in [0.717, 1.165) is 25.7 Å². The second-order valence-electron chi connectivity index (χ2n) is 8.30. The summed E-state index contributed by atoms with van der Waals surface area (Å²) in [5.74, 6) is -0.0602. The first-order valence-corrected chi connectivity index (χ1v) is 9.44. The lowest BCUT2D eigenvalue weighted by molar-refractivity contribution is -0.137. The lowest BCUT2D eigenvalue weighted by atomic mass is 9.82. The Hall–Kier alpha value is -1.61. The van der Waals surface area contributed by atoms with Gasteiger partial charge in [0.2, 0.25) is 0 Å². The Morgan fingerprint density at radius 3 is 2.44 bits per heavy atom. The minimum Gasteiger partial charge on any atom is -0.481 e. The molecule has 0 amide bonds. The number of aliphatic hydroxyl groups excluding tert-OH is 1. The van der Waals surface area contributed by atoms with Gasteiger partial charge in [-0.2, -0.15) is 0 Å². The van der Waals surface area contributed by atoms with Crippen LogP contribution < -0.4 is 0 Å². The number of benzene rings is 1. The van der Waals surface area contributed by atoms with Gasteiger partial charge in [-0.05, 0) is 54.6 Å². The van der Waals surface area contributed by atoms with E-state index in [1.54, 1.807) is 0 Å². The number of hydrogen-bond acceptors (Lipinski definition) is 2. The Labute approximate surface area is 151 Å². The number of allylic oxidation sites excluding steroid dienone is 2. The number of rotatable bonds is 7. The highest BCUT2D eigenvalue weighted by atomic mass is 16.4. The summed E-state index contributed by atoms with van der Waals surface area (Å²) in [7, 11) is 0. The molecule has 2 N–H and O–H groups in total. The quantitative estimate of drug-likeness (QED) is 0.538. The first kappa shape index (κ1) is 19.7. The van der Waals surface area contributed by atoms with Crippen LogP contribution in [0.3, 0.4) is 0 Å². The SMILES string of the molecule is CC(C)(C)c1ccc([C@@H]2[C@@H](CC=CCCCC(=O)O)CC[C@H]2O)cc1. The van der Waals surface area contributed by atoms with E-state index in [4.69, 9.17) is 5.11 Å². The van der Waals surface area contributed by atoms with Crippen LogP contribution >= 0.6 is 0 Å². The molecule has 0 aromatic heterocycles. The van der Waals surface area contributed by atoms with E-state index in [1.165, 1.54) is 11.1 Å². The van der Waals surface area contributed by atoms with E-state index < -0.39 is 5.97 Å². The fraction of sp³-hybridized carbons (Fsp3) is 0.591. The molecule has 3 nitrogen and oxygen atoms in total. The van der Waals surface area contributed by atoms with Gasteiger partial charge in [0.05, 0.1) is 6.10 Å². The number of carboxylic acids is 1. The summed E-state index contributed by atoms with van der Waals surface area (Å²) in [6.07, 6.45) is 8.60. The van der Waals surface area contributed by atoms with Crippen LogP contribution in [0.2, 0.25) is 0 Å². The number of aliphatic carboxylic acids is 1. The number of aliphatic hydroxyl groups is 1. The molecule has 0 radical (unpaired) electrons. The Kier molecular flexibility index (Phi) is 6.83. The highest BCUT2D eigenvalue weighted by Gasteiger charge is 2.35. The van der Waals surface area contributed by atoms with Gasteiger partial charge in [0.1, 0.15) is 0 Å². The molecule has 3 atom stereocenters. The molecule has 0 unspecified atom stereocenters. The van der Waals surface area contributed by atoms with Gasteiger partial charge in [0.25, 0.3) is 0 Å². The van der Waals surface area contributed by atoms with Gasteiger partial charge in [0, 0.05) is 12.3 Å². The normalized spacial score (nSPS) is 24.1. The highest BCUT2D eigenvalue weighted by molar-refractivity contribution is 5.66. The predicted octanol–water partition coefficient (Wildman–Crippen LogP) is 5.04. The number of carbonyl (C=O) groups is 1. The first-order chi connectivity index (χ1) is 11.8. The summed E-state index contributed by atoms with van der Waals surface area (Å²) in [5, 5.41) is 19.1. The molecule has 3 heteroatoms. The maximum absolute atomic E-state index is 10.5. The molecule has 1 aliphatic carbocycles. The molecule has 0 bridgehead atoms. The third-order valence-electron chi connectivity index (χ3n) is 5.28. The van der Waals surface area contributed by atoms with E-state index in [0.29, 0.717) is 12.3 Å². The second-order valence-corrected chi connectivity index (χ2v) is 8.30. The maximum atomic E-state index is 10.5. The van der Waals surface area contributed by atoms with Crippen LogP contribution in [-0.4, -0.2) is 22.3 Å². The Balaban J connectivity index is 1.96. The van der Waals surface area contributed by atoms with Crippen LogP contribution in [0, 0.1) is 5.92 Å². The largest absolute Gasteiger partial charge is 0.481 e. The van der Waals surface area contributed by atoms with Crippen molar-refractivity contribution in [3.8, 4) is 0 Å². The van der Waals surface area contributed by atoms with Gasteiger partial charge in [-0.3, -0.25) is 4.79 Å². The number of unbranched alkanes of at least 4 members (excludes halogenated alkanes) is 1. The van der Waals surface area contributed by atoms with E-state index in [1.807, 2.05) is 0 Å². The zero-order chi connectivity index (χ0) is 18.4. The molecule has 25 heavy (non-hydrogen) atoms. The summed E-state index contributed by atoms with van der Waals surface area (Å²) >= 11 is 0. The average Bonchev–Trinajstić information content (AvgIpc) is 2.90. The van der Waals surface area contributed by atoms with Crippen molar-refractivity contribution in [1.29, 1.82) is 0 Å².